The van der Waals surface area contributed by atoms with Gasteiger partial charge in [-0.2, -0.15) is 0 Å². The van der Waals surface area contributed by atoms with Crippen LogP contribution >= 0.6 is 0 Å². The number of benzene rings is 1. The molecule has 104 valence electrons. The van der Waals surface area contributed by atoms with E-state index in [9.17, 15) is 4.79 Å². The van der Waals surface area contributed by atoms with Crippen LogP contribution in [0.15, 0.2) is 36.7 Å². The van der Waals surface area contributed by atoms with Gasteiger partial charge >= 0.3 is 0 Å². The fourth-order valence-electron chi connectivity index (χ4n) is 1.79. The van der Waals surface area contributed by atoms with Gasteiger partial charge in [0, 0.05) is 12.4 Å². The highest BCUT2D eigenvalue weighted by atomic mass is 16.5. The van der Waals surface area contributed by atoms with E-state index in [1.807, 2.05) is 12.1 Å². The van der Waals surface area contributed by atoms with E-state index in [0.29, 0.717) is 17.2 Å². The molecule has 2 aromatic rings. The Hall–Kier alpha value is -2.43. The van der Waals surface area contributed by atoms with E-state index in [-0.39, 0.29) is 11.9 Å². The predicted octanol–water partition coefficient (Wildman–Crippen LogP) is 2.86. The lowest BCUT2D eigenvalue weighted by Gasteiger charge is -2.12. The third-order valence-electron chi connectivity index (χ3n) is 2.93. The summed E-state index contributed by atoms with van der Waals surface area (Å²) >= 11 is 0. The van der Waals surface area contributed by atoms with E-state index in [4.69, 9.17) is 4.74 Å². The summed E-state index contributed by atoms with van der Waals surface area (Å²) in [5.41, 5.74) is 1.55. The van der Waals surface area contributed by atoms with Crippen molar-refractivity contribution in [2.24, 2.45) is 0 Å². The summed E-state index contributed by atoms with van der Waals surface area (Å²) < 4.78 is 5.24. The van der Waals surface area contributed by atoms with Crippen LogP contribution in [0.4, 0.5) is 5.95 Å². The highest BCUT2D eigenvalue weighted by Gasteiger charge is 2.15. The van der Waals surface area contributed by atoms with Gasteiger partial charge in [-0.05, 0) is 29.7 Å². The Bertz CT molecular complexity index is 597. The van der Waals surface area contributed by atoms with Gasteiger partial charge in [0.15, 0.2) is 0 Å². The lowest BCUT2D eigenvalue weighted by Crippen LogP contribution is -2.15. The SMILES string of the molecule is COc1ccc(C(C)C)cc1C(=O)Nc1ncccn1. The molecule has 0 saturated carbocycles. The van der Waals surface area contributed by atoms with Gasteiger partial charge in [0.05, 0.1) is 12.7 Å². The Kier molecular flexibility index (Phi) is 4.30. The van der Waals surface area contributed by atoms with Crippen molar-refractivity contribution in [3.63, 3.8) is 0 Å². The molecule has 0 aliphatic heterocycles. The van der Waals surface area contributed by atoms with Crippen molar-refractivity contribution < 1.29 is 9.53 Å². The van der Waals surface area contributed by atoms with E-state index in [1.165, 1.54) is 0 Å². The normalized spacial score (nSPS) is 10.4. The van der Waals surface area contributed by atoms with E-state index in [1.54, 1.807) is 31.6 Å². The quantitative estimate of drug-likeness (QED) is 0.928. The molecule has 0 saturated heterocycles. The number of methoxy groups -OCH3 is 1. The zero-order valence-electron chi connectivity index (χ0n) is 11.8. The summed E-state index contributed by atoms with van der Waals surface area (Å²) in [6.45, 7) is 4.15. The third-order valence-corrected chi connectivity index (χ3v) is 2.93. The van der Waals surface area contributed by atoms with Gasteiger partial charge in [0.25, 0.3) is 5.91 Å². The van der Waals surface area contributed by atoms with Crippen molar-refractivity contribution in [1.82, 2.24) is 9.97 Å². The Morgan fingerprint density at radius 3 is 2.55 bits per heavy atom. The second-order valence-corrected chi connectivity index (χ2v) is 4.64. The molecule has 1 heterocycles. The number of carbonyl (C=O) groups excluding carboxylic acids is 1. The summed E-state index contributed by atoms with van der Waals surface area (Å²) in [4.78, 5) is 20.2. The number of rotatable bonds is 4. The first-order valence-corrected chi connectivity index (χ1v) is 6.38. The van der Waals surface area contributed by atoms with E-state index in [2.05, 4.69) is 29.1 Å². The van der Waals surface area contributed by atoms with Crippen molar-refractivity contribution in [3.8, 4) is 5.75 Å². The molecule has 2 rings (SSSR count). The minimum absolute atomic E-state index is 0.273. The van der Waals surface area contributed by atoms with E-state index in [0.717, 1.165) is 5.56 Å². The smallest absolute Gasteiger partial charge is 0.261 e. The third kappa shape index (κ3) is 3.12. The molecule has 5 nitrogen and oxygen atoms in total. The number of ether oxygens (including phenoxy) is 1. The van der Waals surface area contributed by atoms with Gasteiger partial charge < -0.3 is 4.74 Å². The standard InChI is InChI=1S/C15H17N3O2/c1-10(2)11-5-6-13(20-3)12(9-11)14(19)18-15-16-7-4-8-17-15/h4-10H,1-3H3,(H,16,17,18,19). The molecule has 0 atom stereocenters. The Balaban J connectivity index is 2.30. The lowest BCUT2D eigenvalue weighted by atomic mass is 10.00. The number of hydrogen-bond acceptors (Lipinski definition) is 4. The molecule has 0 aliphatic carbocycles. The first kappa shape index (κ1) is 14.0. The van der Waals surface area contributed by atoms with Crippen molar-refractivity contribution in [3.05, 3.63) is 47.8 Å². The second kappa shape index (κ2) is 6.14. The zero-order chi connectivity index (χ0) is 14.5. The molecule has 1 aromatic heterocycles. The molecule has 0 radical (unpaired) electrons. The first-order valence-electron chi connectivity index (χ1n) is 6.38. The molecule has 20 heavy (non-hydrogen) atoms. The monoisotopic (exact) mass is 271 g/mol. The number of carbonyl (C=O) groups is 1. The molecule has 0 fully saturated rings. The van der Waals surface area contributed by atoms with Crippen molar-refractivity contribution in [2.75, 3.05) is 12.4 Å². The van der Waals surface area contributed by atoms with Crippen LogP contribution in [-0.4, -0.2) is 23.0 Å². The maximum atomic E-state index is 12.3. The predicted molar refractivity (Wildman–Crippen MR) is 77.1 cm³/mol. The van der Waals surface area contributed by atoms with Gasteiger partial charge in [-0.3, -0.25) is 10.1 Å². The second-order valence-electron chi connectivity index (χ2n) is 4.64. The van der Waals surface area contributed by atoms with Gasteiger partial charge in [0.2, 0.25) is 5.95 Å². The highest BCUT2D eigenvalue weighted by molar-refractivity contribution is 6.05. The molecule has 1 amide bonds. The molecular formula is C15H17N3O2. The van der Waals surface area contributed by atoms with E-state index < -0.39 is 0 Å². The van der Waals surface area contributed by atoms with Crippen LogP contribution < -0.4 is 10.1 Å². The molecule has 1 N–H and O–H groups in total. The van der Waals surface area contributed by atoms with Crippen LogP contribution in [0.3, 0.4) is 0 Å². The van der Waals surface area contributed by atoms with Crippen molar-refractivity contribution in [1.29, 1.82) is 0 Å². The van der Waals surface area contributed by atoms with Crippen LogP contribution in [0.25, 0.3) is 0 Å². The Morgan fingerprint density at radius 2 is 1.95 bits per heavy atom. The Labute approximate surface area is 118 Å². The van der Waals surface area contributed by atoms with E-state index >= 15 is 0 Å². The molecular weight excluding hydrogens is 254 g/mol. The van der Waals surface area contributed by atoms with Gasteiger partial charge in [-0.15, -0.1) is 0 Å². The summed E-state index contributed by atoms with van der Waals surface area (Å²) in [6, 6.07) is 7.28. The minimum atomic E-state index is -0.282. The van der Waals surface area contributed by atoms with Crippen LogP contribution in [0.2, 0.25) is 0 Å². The average Bonchev–Trinajstić information content (AvgIpc) is 2.47. The molecule has 0 unspecified atom stereocenters. The molecule has 0 aliphatic rings. The van der Waals surface area contributed by atoms with Crippen LogP contribution in [-0.2, 0) is 0 Å². The van der Waals surface area contributed by atoms with Crippen molar-refractivity contribution >= 4 is 11.9 Å². The summed E-state index contributed by atoms with van der Waals surface area (Å²) in [5.74, 6) is 0.855. The zero-order valence-corrected chi connectivity index (χ0v) is 11.8. The number of nitrogens with zero attached hydrogens (tertiary/aromatic N) is 2. The number of nitrogens with one attached hydrogen (secondary N) is 1. The van der Waals surface area contributed by atoms with Gasteiger partial charge in [-0.1, -0.05) is 19.9 Å². The molecule has 0 bridgehead atoms. The fourth-order valence-corrected chi connectivity index (χ4v) is 1.79. The topological polar surface area (TPSA) is 64.1 Å². The summed E-state index contributed by atoms with van der Waals surface area (Å²) in [7, 11) is 1.54. The average molecular weight is 271 g/mol. The van der Waals surface area contributed by atoms with Crippen LogP contribution in [0.1, 0.15) is 35.7 Å². The summed E-state index contributed by atoms with van der Waals surface area (Å²) in [6.07, 6.45) is 3.15. The maximum absolute atomic E-state index is 12.3. The molecule has 0 spiro atoms. The van der Waals surface area contributed by atoms with Crippen LogP contribution in [0.5, 0.6) is 5.75 Å². The summed E-state index contributed by atoms with van der Waals surface area (Å²) in [5, 5.41) is 2.66. The fraction of sp³-hybridized carbons (Fsp3) is 0.267. The van der Waals surface area contributed by atoms with Gasteiger partial charge in [0.1, 0.15) is 5.75 Å². The largest absolute Gasteiger partial charge is 0.496 e. The molecule has 5 heteroatoms. The highest BCUT2D eigenvalue weighted by Crippen LogP contribution is 2.24. The van der Waals surface area contributed by atoms with Crippen LogP contribution in [0, 0.1) is 0 Å². The number of hydrogen-bond donors (Lipinski definition) is 1. The Morgan fingerprint density at radius 1 is 1.25 bits per heavy atom. The minimum Gasteiger partial charge on any atom is -0.496 e. The van der Waals surface area contributed by atoms with Gasteiger partial charge in [-0.25, -0.2) is 9.97 Å². The maximum Gasteiger partial charge on any atom is 0.261 e. The molecule has 1 aromatic carbocycles. The number of amides is 1. The number of anilines is 1. The lowest BCUT2D eigenvalue weighted by molar-refractivity contribution is 0.102. The first-order chi connectivity index (χ1) is 9.61. The van der Waals surface area contributed by atoms with Crippen molar-refractivity contribution in [2.45, 2.75) is 19.8 Å². The number of aromatic nitrogens is 2.